The molecule has 0 saturated carbocycles. The number of nitrogens with zero attached hydrogens (tertiary/aromatic N) is 1. The van der Waals surface area contributed by atoms with Crippen molar-refractivity contribution in [1.82, 2.24) is 4.98 Å². The predicted molar refractivity (Wildman–Crippen MR) is 66.8 cm³/mol. The number of alkyl halides is 3. The smallest absolute Gasteiger partial charge is 0.397 e. The maximum Gasteiger partial charge on any atom is 0.416 e. The molecule has 94 valence electrons. The second-order valence-corrected chi connectivity index (χ2v) is 4.52. The largest absolute Gasteiger partial charge is 0.416 e. The number of anilines is 1. The Morgan fingerprint density at radius 2 is 1.72 bits per heavy atom. The van der Waals surface area contributed by atoms with Crippen LogP contribution in [-0.4, -0.2) is 4.98 Å². The van der Waals surface area contributed by atoms with Gasteiger partial charge in [-0.2, -0.15) is 13.2 Å². The quantitative estimate of drug-likeness (QED) is 0.859. The summed E-state index contributed by atoms with van der Waals surface area (Å²) in [5.74, 6) is 0. The van der Waals surface area contributed by atoms with E-state index < -0.39 is 11.7 Å². The maximum absolute atomic E-state index is 12.4. The van der Waals surface area contributed by atoms with Gasteiger partial charge in [0.15, 0.2) is 0 Å². The van der Waals surface area contributed by atoms with E-state index in [-0.39, 0.29) is 0 Å². The third-order valence-electron chi connectivity index (χ3n) is 2.39. The van der Waals surface area contributed by atoms with E-state index in [1.807, 2.05) is 0 Å². The molecule has 0 aliphatic rings. The fourth-order valence-corrected chi connectivity index (χ4v) is 1.75. The maximum atomic E-state index is 12.4. The summed E-state index contributed by atoms with van der Waals surface area (Å²) in [6.45, 7) is 0. The van der Waals surface area contributed by atoms with Crippen molar-refractivity contribution < 1.29 is 13.2 Å². The van der Waals surface area contributed by atoms with Gasteiger partial charge in [0.2, 0.25) is 0 Å². The minimum absolute atomic E-state index is 0.477. The first-order chi connectivity index (χ1) is 8.38. The second kappa shape index (κ2) is 4.61. The van der Waals surface area contributed by atoms with Gasteiger partial charge in [0, 0.05) is 10.0 Å². The van der Waals surface area contributed by atoms with Gasteiger partial charge in [-0.05, 0) is 34.1 Å². The van der Waals surface area contributed by atoms with Crippen LogP contribution in [0.5, 0.6) is 0 Å². The number of benzene rings is 1. The number of nitrogen functional groups attached to an aromatic ring is 1. The molecule has 2 rings (SSSR count). The molecule has 2 nitrogen and oxygen atoms in total. The molecule has 0 radical (unpaired) electrons. The number of pyridine rings is 1. The fraction of sp³-hybridized carbons (Fsp3) is 0.0833. The first-order valence-electron chi connectivity index (χ1n) is 4.96. The highest BCUT2D eigenvalue weighted by atomic mass is 79.9. The van der Waals surface area contributed by atoms with Gasteiger partial charge in [0.1, 0.15) is 0 Å². The molecule has 18 heavy (non-hydrogen) atoms. The molecular weight excluding hydrogens is 309 g/mol. The number of halogens is 4. The molecular formula is C12H8BrF3N2. The Balaban J connectivity index is 2.37. The molecule has 0 amide bonds. The summed E-state index contributed by atoms with van der Waals surface area (Å²) in [5, 5.41) is 0. The van der Waals surface area contributed by atoms with Crippen LogP contribution in [0, 0.1) is 0 Å². The number of hydrogen-bond acceptors (Lipinski definition) is 2. The zero-order valence-corrected chi connectivity index (χ0v) is 10.6. The van der Waals surface area contributed by atoms with E-state index in [2.05, 4.69) is 20.9 Å². The number of nitrogens with two attached hydrogens (primary N) is 1. The molecule has 0 aliphatic carbocycles. The Hall–Kier alpha value is -1.56. The van der Waals surface area contributed by atoms with Crippen molar-refractivity contribution in [3.8, 4) is 11.3 Å². The molecule has 1 aromatic carbocycles. The number of rotatable bonds is 1. The molecule has 0 spiro atoms. The Bertz CT molecular complexity index is 565. The average molecular weight is 317 g/mol. The second-order valence-electron chi connectivity index (χ2n) is 3.67. The van der Waals surface area contributed by atoms with E-state index in [0.717, 1.165) is 12.1 Å². The van der Waals surface area contributed by atoms with Crippen LogP contribution in [0.25, 0.3) is 11.3 Å². The highest BCUT2D eigenvalue weighted by Gasteiger charge is 2.29. The van der Waals surface area contributed by atoms with Crippen molar-refractivity contribution in [2.75, 3.05) is 5.73 Å². The summed E-state index contributed by atoms with van der Waals surface area (Å²) in [5.41, 5.74) is 6.55. The van der Waals surface area contributed by atoms with E-state index in [1.54, 1.807) is 6.07 Å². The van der Waals surface area contributed by atoms with Gasteiger partial charge in [0.05, 0.1) is 23.1 Å². The summed E-state index contributed by atoms with van der Waals surface area (Å²) in [6, 6.07) is 6.49. The molecule has 0 saturated heterocycles. The highest BCUT2D eigenvalue weighted by molar-refractivity contribution is 9.10. The SMILES string of the molecule is Nc1cnc(-c2ccc(C(F)(F)F)cc2)cc1Br. The van der Waals surface area contributed by atoms with Crippen LogP contribution < -0.4 is 5.73 Å². The molecule has 0 aliphatic heterocycles. The predicted octanol–water partition coefficient (Wildman–Crippen LogP) is 4.11. The summed E-state index contributed by atoms with van der Waals surface area (Å²) in [6.07, 6.45) is -2.87. The summed E-state index contributed by atoms with van der Waals surface area (Å²) < 4.78 is 37.9. The van der Waals surface area contributed by atoms with Gasteiger partial charge in [0.25, 0.3) is 0 Å². The lowest BCUT2D eigenvalue weighted by Gasteiger charge is -2.08. The van der Waals surface area contributed by atoms with Crippen molar-refractivity contribution in [1.29, 1.82) is 0 Å². The highest BCUT2D eigenvalue weighted by Crippen LogP contribution is 2.31. The third-order valence-corrected chi connectivity index (χ3v) is 3.08. The fourth-order valence-electron chi connectivity index (χ4n) is 1.43. The van der Waals surface area contributed by atoms with Crippen molar-refractivity contribution >= 4 is 21.6 Å². The topological polar surface area (TPSA) is 38.9 Å². The van der Waals surface area contributed by atoms with Gasteiger partial charge in [-0.25, -0.2) is 0 Å². The van der Waals surface area contributed by atoms with Gasteiger partial charge in [-0.1, -0.05) is 12.1 Å². The normalized spacial score (nSPS) is 11.6. The zero-order valence-electron chi connectivity index (χ0n) is 9.00. The first-order valence-corrected chi connectivity index (χ1v) is 5.76. The molecule has 0 unspecified atom stereocenters. The van der Waals surface area contributed by atoms with E-state index in [1.165, 1.54) is 18.3 Å². The van der Waals surface area contributed by atoms with Gasteiger partial charge in [-0.15, -0.1) is 0 Å². The first kappa shape index (κ1) is 12.9. The van der Waals surface area contributed by atoms with E-state index in [9.17, 15) is 13.2 Å². The van der Waals surface area contributed by atoms with Crippen LogP contribution >= 0.6 is 15.9 Å². The molecule has 0 bridgehead atoms. The van der Waals surface area contributed by atoms with Crippen LogP contribution in [0.1, 0.15) is 5.56 Å². The van der Waals surface area contributed by atoms with Crippen LogP contribution in [0.4, 0.5) is 18.9 Å². The van der Waals surface area contributed by atoms with Crippen LogP contribution in [0.15, 0.2) is 41.0 Å². The summed E-state index contributed by atoms with van der Waals surface area (Å²) in [4.78, 5) is 4.06. The monoisotopic (exact) mass is 316 g/mol. The zero-order chi connectivity index (χ0) is 13.3. The molecule has 0 atom stereocenters. The van der Waals surface area contributed by atoms with Crippen molar-refractivity contribution in [2.24, 2.45) is 0 Å². The van der Waals surface area contributed by atoms with Crippen molar-refractivity contribution in [3.63, 3.8) is 0 Å². The molecule has 1 heterocycles. The summed E-state index contributed by atoms with van der Waals surface area (Å²) >= 11 is 3.24. The minimum atomic E-state index is -4.33. The average Bonchev–Trinajstić information content (AvgIpc) is 2.32. The Kier molecular flexibility index (Phi) is 3.30. The van der Waals surface area contributed by atoms with Crippen molar-refractivity contribution in [3.05, 3.63) is 46.6 Å². The molecule has 2 aromatic rings. The Labute approximate surface area is 110 Å². The van der Waals surface area contributed by atoms with E-state index in [0.29, 0.717) is 21.4 Å². The molecule has 6 heteroatoms. The van der Waals surface area contributed by atoms with Crippen molar-refractivity contribution in [2.45, 2.75) is 6.18 Å². The lowest BCUT2D eigenvalue weighted by molar-refractivity contribution is -0.137. The summed E-state index contributed by atoms with van der Waals surface area (Å²) in [7, 11) is 0. The van der Waals surface area contributed by atoms with Crippen LogP contribution in [-0.2, 0) is 6.18 Å². The third kappa shape index (κ3) is 2.64. The van der Waals surface area contributed by atoms with Gasteiger partial charge in [-0.3, -0.25) is 4.98 Å². The Morgan fingerprint density at radius 1 is 1.11 bits per heavy atom. The van der Waals surface area contributed by atoms with Crippen LogP contribution in [0.2, 0.25) is 0 Å². The lowest BCUT2D eigenvalue weighted by atomic mass is 10.1. The Morgan fingerprint density at radius 3 is 2.22 bits per heavy atom. The number of aromatic nitrogens is 1. The van der Waals surface area contributed by atoms with Crippen LogP contribution in [0.3, 0.4) is 0 Å². The lowest BCUT2D eigenvalue weighted by Crippen LogP contribution is -2.04. The van der Waals surface area contributed by atoms with Gasteiger partial charge >= 0.3 is 6.18 Å². The minimum Gasteiger partial charge on any atom is -0.397 e. The van der Waals surface area contributed by atoms with Gasteiger partial charge < -0.3 is 5.73 Å². The van der Waals surface area contributed by atoms with E-state index in [4.69, 9.17) is 5.73 Å². The molecule has 1 aromatic heterocycles. The van der Waals surface area contributed by atoms with E-state index >= 15 is 0 Å². The standard InChI is InChI=1S/C12H8BrF3N2/c13-9-5-11(18-6-10(9)17)7-1-3-8(4-2-7)12(14,15)16/h1-6H,17H2. The molecule has 2 N–H and O–H groups in total. The number of hydrogen-bond donors (Lipinski definition) is 1. The molecule has 0 fully saturated rings.